The van der Waals surface area contributed by atoms with Crippen LogP contribution >= 0.6 is 0 Å². The van der Waals surface area contributed by atoms with E-state index in [1.807, 2.05) is 55.6 Å². The highest BCUT2D eigenvalue weighted by Gasteiger charge is 2.25. The van der Waals surface area contributed by atoms with Crippen molar-refractivity contribution in [2.75, 3.05) is 20.2 Å². The van der Waals surface area contributed by atoms with Gasteiger partial charge in [0.1, 0.15) is 12.4 Å². The van der Waals surface area contributed by atoms with Crippen molar-refractivity contribution in [3.63, 3.8) is 0 Å². The third kappa shape index (κ3) is 6.54. The van der Waals surface area contributed by atoms with Gasteiger partial charge in [-0.1, -0.05) is 60.7 Å². The van der Waals surface area contributed by atoms with Gasteiger partial charge >= 0.3 is 0 Å². The number of amides is 1. The van der Waals surface area contributed by atoms with E-state index in [9.17, 15) is 4.79 Å². The minimum Gasteiger partial charge on any atom is -0.491 e. The summed E-state index contributed by atoms with van der Waals surface area (Å²) in [6.07, 6.45) is 2.99. The van der Waals surface area contributed by atoms with Gasteiger partial charge in [-0.2, -0.15) is 0 Å². The summed E-state index contributed by atoms with van der Waals surface area (Å²) in [5.74, 6) is 0.741. The Kier molecular flexibility index (Phi) is 8.44. The number of carbonyl (C=O) groups is 1. The number of nitrogens with zero attached hydrogens (tertiary/aromatic N) is 1. The van der Waals surface area contributed by atoms with Crippen LogP contribution in [0.4, 0.5) is 0 Å². The number of hydrogen-bond donors (Lipinski definition) is 2. The number of nitrogens with two attached hydrogens (primary N) is 2. The van der Waals surface area contributed by atoms with Crippen molar-refractivity contribution in [2.24, 2.45) is 11.5 Å². The quantitative estimate of drug-likeness (QED) is 0.496. The molecular formula is C26H33N3O2. The first-order valence-electron chi connectivity index (χ1n) is 11.0. The minimum atomic E-state index is -0.536. The lowest BCUT2D eigenvalue weighted by Gasteiger charge is -2.30. The van der Waals surface area contributed by atoms with Gasteiger partial charge in [0, 0.05) is 7.05 Å². The number of aryl methyl sites for hydroxylation is 1. The molecular weight excluding hydrogens is 386 g/mol. The van der Waals surface area contributed by atoms with E-state index in [-0.39, 0.29) is 11.9 Å². The Morgan fingerprint density at radius 2 is 1.68 bits per heavy atom. The van der Waals surface area contributed by atoms with Crippen molar-refractivity contribution in [2.45, 2.75) is 37.8 Å². The summed E-state index contributed by atoms with van der Waals surface area (Å²) in [5.41, 5.74) is 13.2. The van der Waals surface area contributed by atoms with Gasteiger partial charge in [-0.05, 0) is 60.7 Å². The average Bonchev–Trinajstić information content (AvgIpc) is 2.82. The normalized spacial score (nSPS) is 13.0. The number of carbonyl (C=O) groups excluding carboxylic acids is 1. The average molecular weight is 420 g/mol. The maximum absolute atomic E-state index is 13.0. The Labute approximate surface area is 185 Å². The van der Waals surface area contributed by atoms with Crippen LogP contribution < -0.4 is 16.2 Å². The number of benzene rings is 3. The molecule has 0 bridgehead atoms. The van der Waals surface area contributed by atoms with Gasteiger partial charge in [-0.25, -0.2) is 0 Å². The Balaban J connectivity index is 1.60. The van der Waals surface area contributed by atoms with E-state index in [1.54, 1.807) is 4.90 Å². The third-order valence-corrected chi connectivity index (χ3v) is 5.70. The SMILES string of the molecule is CN(C(=O)[C@@H](N)CCc1ccccc1)[C@@H](CCCN)COc1ccc2ccccc2c1. The monoisotopic (exact) mass is 419 g/mol. The van der Waals surface area contributed by atoms with E-state index in [1.165, 1.54) is 10.9 Å². The topological polar surface area (TPSA) is 81.6 Å². The maximum atomic E-state index is 13.0. The van der Waals surface area contributed by atoms with E-state index in [0.29, 0.717) is 19.6 Å². The van der Waals surface area contributed by atoms with Crippen LogP contribution in [-0.2, 0) is 11.2 Å². The second kappa shape index (κ2) is 11.5. The molecule has 3 aromatic carbocycles. The summed E-state index contributed by atoms with van der Waals surface area (Å²) in [4.78, 5) is 14.7. The van der Waals surface area contributed by atoms with Crippen molar-refractivity contribution in [1.29, 1.82) is 0 Å². The molecule has 1 amide bonds. The summed E-state index contributed by atoms with van der Waals surface area (Å²) in [7, 11) is 1.82. The van der Waals surface area contributed by atoms with Gasteiger partial charge in [0.15, 0.2) is 0 Å². The molecule has 0 aliphatic carbocycles. The number of hydrogen-bond acceptors (Lipinski definition) is 4. The third-order valence-electron chi connectivity index (χ3n) is 5.70. The van der Waals surface area contributed by atoms with Gasteiger partial charge in [-0.15, -0.1) is 0 Å². The highest BCUT2D eigenvalue weighted by Crippen LogP contribution is 2.21. The number of fused-ring (bicyclic) bond motifs is 1. The lowest BCUT2D eigenvalue weighted by molar-refractivity contribution is -0.134. The number of likely N-dealkylation sites (N-methyl/N-ethyl adjacent to an activating group) is 1. The highest BCUT2D eigenvalue weighted by atomic mass is 16.5. The smallest absolute Gasteiger partial charge is 0.239 e. The van der Waals surface area contributed by atoms with Crippen molar-refractivity contribution >= 4 is 16.7 Å². The van der Waals surface area contributed by atoms with Gasteiger partial charge in [0.2, 0.25) is 5.91 Å². The molecule has 0 fully saturated rings. The molecule has 0 saturated carbocycles. The van der Waals surface area contributed by atoms with Crippen LogP contribution in [0.1, 0.15) is 24.8 Å². The largest absolute Gasteiger partial charge is 0.491 e. The van der Waals surface area contributed by atoms with Crippen LogP contribution in [0.25, 0.3) is 10.8 Å². The van der Waals surface area contributed by atoms with Crippen LogP contribution in [0, 0.1) is 0 Å². The zero-order valence-electron chi connectivity index (χ0n) is 18.2. The first kappa shape index (κ1) is 22.8. The fourth-order valence-corrected chi connectivity index (χ4v) is 3.72. The molecule has 0 radical (unpaired) electrons. The fourth-order valence-electron chi connectivity index (χ4n) is 3.72. The van der Waals surface area contributed by atoms with E-state index in [2.05, 4.69) is 24.3 Å². The van der Waals surface area contributed by atoms with Crippen molar-refractivity contribution < 1.29 is 9.53 Å². The predicted molar refractivity (Wildman–Crippen MR) is 127 cm³/mol. The van der Waals surface area contributed by atoms with Gasteiger partial charge in [-0.3, -0.25) is 4.79 Å². The van der Waals surface area contributed by atoms with Crippen LogP contribution in [-0.4, -0.2) is 43.1 Å². The highest BCUT2D eigenvalue weighted by molar-refractivity contribution is 5.83. The maximum Gasteiger partial charge on any atom is 0.239 e. The number of ether oxygens (including phenoxy) is 1. The first-order chi connectivity index (χ1) is 15.1. The molecule has 4 N–H and O–H groups in total. The standard InChI is InChI=1S/C26H33N3O2/c1-29(26(30)25(28)16-13-20-8-3-2-4-9-20)23(12-7-17-27)19-31-24-15-14-21-10-5-6-11-22(21)18-24/h2-6,8-11,14-15,18,23,25H,7,12-13,16-17,19,27-28H2,1H3/t23-,25-/m0/s1. The van der Waals surface area contributed by atoms with E-state index in [4.69, 9.17) is 16.2 Å². The minimum absolute atomic E-state index is 0.0555. The van der Waals surface area contributed by atoms with Crippen LogP contribution in [0.5, 0.6) is 5.75 Å². The lowest BCUT2D eigenvalue weighted by Crippen LogP contribution is -2.48. The van der Waals surface area contributed by atoms with Gasteiger partial charge < -0.3 is 21.1 Å². The molecule has 0 aliphatic rings. The van der Waals surface area contributed by atoms with Gasteiger partial charge in [0.05, 0.1) is 12.1 Å². The molecule has 31 heavy (non-hydrogen) atoms. The fraction of sp³-hybridized carbons (Fsp3) is 0.346. The summed E-state index contributed by atoms with van der Waals surface area (Å²) in [6.45, 7) is 0.987. The van der Waals surface area contributed by atoms with Gasteiger partial charge in [0.25, 0.3) is 0 Å². The van der Waals surface area contributed by atoms with E-state index < -0.39 is 6.04 Å². The molecule has 3 rings (SSSR count). The molecule has 3 aromatic rings. The molecule has 0 unspecified atom stereocenters. The van der Waals surface area contributed by atoms with Crippen molar-refractivity contribution in [3.05, 3.63) is 78.4 Å². The Morgan fingerprint density at radius 1 is 0.968 bits per heavy atom. The van der Waals surface area contributed by atoms with Crippen LogP contribution in [0.3, 0.4) is 0 Å². The Bertz CT molecular complexity index is 961. The van der Waals surface area contributed by atoms with E-state index >= 15 is 0 Å². The predicted octanol–water partition coefficient (Wildman–Crippen LogP) is 3.74. The molecule has 0 saturated heterocycles. The van der Waals surface area contributed by atoms with Crippen LogP contribution in [0.15, 0.2) is 72.8 Å². The zero-order chi connectivity index (χ0) is 22.1. The molecule has 164 valence electrons. The molecule has 0 heterocycles. The summed E-state index contributed by atoms with van der Waals surface area (Å²) >= 11 is 0. The number of rotatable bonds is 11. The van der Waals surface area contributed by atoms with E-state index in [0.717, 1.165) is 30.4 Å². The lowest BCUT2D eigenvalue weighted by atomic mass is 10.0. The Hall–Kier alpha value is -2.89. The molecule has 0 aromatic heterocycles. The molecule has 0 aliphatic heterocycles. The molecule has 5 heteroatoms. The van der Waals surface area contributed by atoms with Crippen molar-refractivity contribution in [3.8, 4) is 5.75 Å². The van der Waals surface area contributed by atoms with Crippen LogP contribution in [0.2, 0.25) is 0 Å². The summed E-state index contributed by atoms with van der Waals surface area (Å²) in [5, 5.41) is 2.30. The second-order valence-electron chi connectivity index (χ2n) is 7.98. The molecule has 2 atom stereocenters. The summed E-state index contributed by atoms with van der Waals surface area (Å²) in [6, 6.07) is 23.7. The molecule has 5 nitrogen and oxygen atoms in total. The zero-order valence-corrected chi connectivity index (χ0v) is 18.2. The summed E-state index contributed by atoms with van der Waals surface area (Å²) < 4.78 is 6.08. The first-order valence-corrected chi connectivity index (χ1v) is 11.0. The Morgan fingerprint density at radius 3 is 2.42 bits per heavy atom. The second-order valence-corrected chi connectivity index (χ2v) is 7.98. The molecule has 0 spiro atoms. The van der Waals surface area contributed by atoms with Crippen molar-refractivity contribution in [1.82, 2.24) is 4.90 Å².